The minimum absolute atomic E-state index is 0.0258. The molecule has 3 amide bonds. The van der Waals surface area contributed by atoms with Crippen LogP contribution < -0.4 is 15.6 Å². The summed E-state index contributed by atoms with van der Waals surface area (Å²) in [7, 11) is 2.00. The van der Waals surface area contributed by atoms with Crippen molar-refractivity contribution in [3.05, 3.63) is 24.0 Å². The third kappa shape index (κ3) is 4.24. The van der Waals surface area contributed by atoms with E-state index in [2.05, 4.69) is 62.5 Å². The van der Waals surface area contributed by atoms with Crippen LogP contribution in [0.2, 0.25) is 0 Å². The van der Waals surface area contributed by atoms with Crippen molar-refractivity contribution in [2.75, 3.05) is 38.4 Å². The van der Waals surface area contributed by atoms with E-state index in [-0.39, 0.29) is 11.3 Å². The number of imide groups is 1. The lowest BCUT2D eigenvalue weighted by atomic mass is 9.88. The predicted molar refractivity (Wildman–Crippen MR) is 117 cm³/mol. The number of fused-ring (bicyclic) bond motifs is 1. The molecule has 2 saturated heterocycles. The Labute approximate surface area is 186 Å². The molecule has 2 aromatic heterocycles. The Balaban J connectivity index is 1.55. The maximum Gasteiger partial charge on any atom is 0.322 e. The summed E-state index contributed by atoms with van der Waals surface area (Å²) >= 11 is 0. The molecule has 1 spiro atoms. The predicted octanol–water partition coefficient (Wildman–Crippen LogP) is 0.932. The number of urea groups is 1. The van der Waals surface area contributed by atoms with E-state index in [1.54, 1.807) is 22.8 Å². The third-order valence-corrected chi connectivity index (χ3v) is 5.88. The molecular weight excluding hydrogens is 410 g/mol. The smallest absolute Gasteiger partial charge is 0.322 e. The maximum atomic E-state index is 12.2. The van der Waals surface area contributed by atoms with Crippen molar-refractivity contribution in [2.24, 2.45) is 5.41 Å². The monoisotopic (exact) mass is 439 g/mol. The third-order valence-electron chi connectivity index (χ3n) is 5.88. The van der Waals surface area contributed by atoms with Crippen LogP contribution in [0.1, 0.15) is 39.3 Å². The van der Waals surface area contributed by atoms with Crippen LogP contribution in [0.5, 0.6) is 0 Å². The molecule has 2 aliphatic rings. The molecule has 0 saturated carbocycles. The van der Waals surface area contributed by atoms with Gasteiger partial charge in [0.05, 0.1) is 12.9 Å². The number of rotatable bonds is 5. The van der Waals surface area contributed by atoms with Crippen molar-refractivity contribution in [2.45, 2.75) is 39.2 Å². The van der Waals surface area contributed by atoms with Crippen molar-refractivity contribution in [3.8, 4) is 6.07 Å². The maximum absolute atomic E-state index is 12.2. The van der Waals surface area contributed by atoms with E-state index in [4.69, 9.17) is 0 Å². The Morgan fingerprint density at radius 2 is 2.00 bits per heavy atom. The Kier molecular flexibility index (Phi) is 5.52. The molecule has 0 aromatic carbocycles. The van der Waals surface area contributed by atoms with Crippen LogP contribution >= 0.6 is 0 Å². The van der Waals surface area contributed by atoms with Crippen LogP contribution in [0.15, 0.2) is 18.3 Å². The highest BCUT2D eigenvalue weighted by Crippen LogP contribution is 2.27. The average Bonchev–Trinajstić information content (AvgIpc) is 3.30. The van der Waals surface area contributed by atoms with E-state index in [9.17, 15) is 14.9 Å². The van der Waals surface area contributed by atoms with Gasteiger partial charge in [-0.1, -0.05) is 20.8 Å². The molecule has 0 aliphatic carbocycles. The number of nitrogens with zero attached hydrogens (tertiary/aromatic N) is 7. The second-order valence-corrected chi connectivity index (χ2v) is 9.74. The zero-order chi connectivity index (χ0) is 23.1. The summed E-state index contributed by atoms with van der Waals surface area (Å²) in [5.74, 6) is 0.539. The average molecular weight is 440 g/mol. The lowest BCUT2D eigenvalue weighted by Gasteiger charge is -2.43. The highest BCUT2D eigenvalue weighted by molar-refractivity contribution is 6.07. The topological polar surface area (TPSA) is 122 Å². The Hall–Kier alpha value is -3.23. The standard InChI is InChI=1S/C21H29N9O2/c1-20(2,3)13-29(17-11-15(12-22)24-16-5-8-23-30(16)17)27(4)14-28-9-6-21(7-10-28)18(31)25-19(32)26-21/h5,8,11H,6-7,9-10,13-14H2,1-4H3,(H2,25,26,31,32). The van der Waals surface area contributed by atoms with Gasteiger partial charge in [-0.05, 0) is 18.3 Å². The number of hydrogen-bond acceptors (Lipinski definition) is 8. The van der Waals surface area contributed by atoms with E-state index in [0.29, 0.717) is 50.5 Å². The first-order valence-electron chi connectivity index (χ1n) is 10.7. The van der Waals surface area contributed by atoms with E-state index < -0.39 is 11.6 Å². The van der Waals surface area contributed by atoms with Gasteiger partial charge in [0.25, 0.3) is 5.91 Å². The number of anilines is 1. The first kappa shape index (κ1) is 22.0. The molecule has 2 N–H and O–H groups in total. The molecule has 170 valence electrons. The van der Waals surface area contributed by atoms with Crippen LogP contribution in [-0.2, 0) is 4.79 Å². The molecule has 2 aromatic rings. The van der Waals surface area contributed by atoms with Crippen LogP contribution in [0.3, 0.4) is 0 Å². The van der Waals surface area contributed by atoms with Gasteiger partial charge in [-0.15, -0.1) is 0 Å². The number of hydrogen-bond donors (Lipinski definition) is 2. The van der Waals surface area contributed by atoms with Crippen molar-refractivity contribution in [3.63, 3.8) is 0 Å². The number of nitrogens with one attached hydrogen (secondary N) is 2. The highest BCUT2D eigenvalue weighted by Gasteiger charge is 2.47. The molecule has 0 radical (unpaired) electrons. The number of likely N-dealkylation sites (tertiary alicyclic amines) is 1. The fourth-order valence-electron chi connectivity index (χ4n) is 4.29. The molecule has 4 heterocycles. The molecule has 0 atom stereocenters. The molecule has 0 bridgehead atoms. The van der Waals surface area contributed by atoms with Crippen LogP contribution in [0.25, 0.3) is 5.65 Å². The van der Waals surface area contributed by atoms with Crippen molar-refractivity contribution in [1.29, 1.82) is 5.26 Å². The minimum atomic E-state index is -0.786. The molecule has 0 unspecified atom stereocenters. The summed E-state index contributed by atoms with van der Waals surface area (Å²) < 4.78 is 1.74. The quantitative estimate of drug-likeness (QED) is 0.521. The minimum Gasteiger partial charge on any atom is -0.323 e. The van der Waals surface area contributed by atoms with Crippen LogP contribution in [0, 0.1) is 16.7 Å². The van der Waals surface area contributed by atoms with E-state index in [1.807, 2.05) is 7.05 Å². The van der Waals surface area contributed by atoms with Gasteiger partial charge in [-0.25, -0.2) is 14.8 Å². The lowest BCUT2D eigenvalue weighted by Crippen LogP contribution is -2.57. The Bertz CT molecular complexity index is 1070. The molecule has 2 fully saturated rings. The van der Waals surface area contributed by atoms with Crippen LogP contribution in [-0.4, -0.2) is 75.3 Å². The van der Waals surface area contributed by atoms with E-state index in [0.717, 1.165) is 5.82 Å². The van der Waals surface area contributed by atoms with Gasteiger partial charge in [0.15, 0.2) is 5.65 Å². The summed E-state index contributed by atoms with van der Waals surface area (Å²) in [5, 5.41) is 23.3. The van der Waals surface area contributed by atoms with Gasteiger partial charge < -0.3 is 5.32 Å². The van der Waals surface area contributed by atoms with Crippen molar-refractivity contribution < 1.29 is 9.59 Å². The second kappa shape index (κ2) is 8.03. The summed E-state index contributed by atoms with van der Waals surface area (Å²) in [5.41, 5.74) is 0.144. The largest absolute Gasteiger partial charge is 0.323 e. The van der Waals surface area contributed by atoms with Gasteiger partial charge in [0.1, 0.15) is 23.1 Å². The molecule has 11 heteroatoms. The SMILES string of the molecule is CN(CN1CCC2(CC1)NC(=O)NC2=O)N(CC(C)(C)C)c1cc(C#N)nc2ccnn12. The van der Waals surface area contributed by atoms with Gasteiger partial charge in [0, 0.05) is 38.8 Å². The Morgan fingerprint density at radius 1 is 1.28 bits per heavy atom. The van der Waals surface area contributed by atoms with Gasteiger partial charge in [-0.3, -0.25) is 20.0 Å². The zero-order valence-electron chi connectivity index (χ0n) is 18.9. The van der Waals surface area contributed by atoms with Gasteiger partial charge in [0.2, 0.25) is 0 Å². The Morgan fingerprint density at radius 3 is 2.59 bits per heavy atom. The number of carbonyl (C=O) groups excluding carboxylic acids is 2. The number of nitriles is 1. The summed E-state index contributed by atoms with van der Waals surface area (Å²) in [4.78, 5) is 30.4. The molecular formula is C21H29N9O2. The fraction of sp³-hybridized carbons (Fsp3) is 0.571. The first-order valence-corrected chi connectivity index (χ1v) is 10.7. The van der Waals surface area contributed by atoms with E-state index >= 15 is 0 Å². The molecule has 4 rings (SSSR count). The van der Waals surface area contributed by atoms with Gasteiger partial charge in [-0.2, -0.15) is 14.9 Å². The second-order valence-electron chi connectivity index (χ2n) is 9.74. The normalized spacial score (nSPS) is 18.8. The summed E-state index contributed by atoms with van der Waals surface area (Å²) in [6.45, 7) is 9.15. The molecule has 2 aliphatic heterocycles. The number of amides is 3. The van der Waals surface area contributed by atoms with Gasteiger partial charge >= 0.3 is 6.03 Å². The van der Waals surface area contributed by atoms with Crippen LogP contribution in [0.4, 0.5) is 10.6 Å². The van der Waals surface area contributed by atoms with Crippen molar-refractivity contribution in [1.82, 2.24) is 35.1 Å². The van der Waals surface area contributed by atoms with E-state index in [1.165, 1.54) is 0 Å². The molecule has 11 nitrogen and oxygen atoms in total. The number of piperidine rings is 1. The number of hydrazine groups is 1. The fourth-order valence-corrected chi connectivity index (χ4v) is 4.29. The number of aromatic nitrogens is 3. The van der Waals surface area contributed by atoms with Crippen molar-refractivity contribution >= 4 is 23.4 Å². The lowest BCUT2D eigenvalue weighted by molar-refractivity contribution is -0.125. The first-order chi connectivity index (χ1) is 15.1. The molecule has 32 heavy (non-hydrogen) atoms. The summed E-state index contributed by atoms with van der Waals surface area (Å²) in [6.07, 6.45) is 2.80. The summed E-state index contributed by atoms with van der Waals surface area (Å²) in [6, 6.07) is 5.27. The number of carbonyl (C=O) groups is 2. The highest BCUT2D eigenvalue weighted by atomic mass is 16.2. The zero-order valence-corrected chi connectivity index (χ0v) is 18.9.